The van der Waals surface area contributed by atoms with E-state index in [0.717, 1.165) is 12.1 Å². The highest BCUT2D eigenvalue weighted by molar-refractivity contribution is 6.13. The predicted molar refractivity (Wildman–Crippen MR) is 86.5 cm³/mol. The lowest BCUT2D eigenvalue weighted by Gasteiger charge is -2.09. The van der Waals surface area contributed by atoms with Crippen molar-refractivity contribution in [2.45, 2.75) is 6.18 Å². The van der Waals surface area contributed by atoms with Crippen LogP contribution in [0.3, 0.4) is 0 Å². The second kappa shape index (κ2) is 7.78. The van der Waals surface area contributed by atoms with Gasteiger partial charge in [-0.3, -0.25) is 0 Å². The van der Waals surface area contributed by atoms with Crippen LogP contribution in [0.2, 0.25) is 0 Å². The molecule has 0 bridgehead atoms. The van der Waals surface area contributed by atoms with Gasteiger partial charge in [-0.25, -0.2) is 4.39 Å². The third-order valence-corrected chi connectivity index (χ3v) is 2.87. The Labute approximate surface area is 141 Å². The summed E-state index contributed by atoms with van der Waals surface area (Å²) in [6.07, 6.45) is -4.44. The zero-order valence-electron chi connectivity index (χ0n) is 12.1. The summed E-state index contributed by atoms with van der Waals surface area (Å²) in [6, 6.07) is 9.57. The molecule has 0 heterocycles. The van der Waals surface area contributed by atoms with E-state index in [1.807, 2.05) is 0 Å². The number of nitrogens with zero attached hydrogens (tertiary/aromatic N) is 2. The smallest absolute Gasteiger partial charge is 0.369 e. The molecule has 0 spiro atoms. The molecule has 0 fully saturated rings. The topological polar surface area (TPSA) is 76.8 Å². The number of benzene rings is 2. The largest absolute Gasteiger partial charge is 0.416 e. The average molecular weight is 361 g/mol. The zero-order valence-corrected chi connectivity index (χ0v) is 12.9. The van der Waals surface area contributed by atoms with E-state index in [9.17, 15) is 17.6 Å². The third-order valence-electron chi connectivity index (χ3n) is 2.87. The Morgan fingerprint density at radius 3 is 1.67 bits per heavy atom. The van der Waals surface area contributed by atoms with Crippen molar-refractivity contribution in [2.75, 3.05) is 0 Å². The van der Waals surface area contributed by atoms with E-state index in [2.05, 4.69) is 10.2 Å². The minimum absolute atomic E-state index is 0. The molecule has 0 aliphatic carbocycles. The molecule has 0 saturated heterocycles. The highest BCUT2D eigenvalue weighted by atomic mass is 35.5. The lowest BCUT2D eigenvalue weighted by Crippen LogP contribution is -2.22. The number of rotatable bonds is 3. The van der Waals surface area contributed by atoms with Crippen molar-refractivity contribution in [3.63, 3.8) is 0 Å². The molecule has 0 radical (unpaired) electrons. The van der Waals surface area contributed by atoms with Crippen molar-refractivity contribution in [1.29, 1.82) is 0 Å². The van der Waals surface area contributed by atoms with E-state index < -0.39 is 17.6 Å². The van der Waals surface area contributed by atoms with Crippen molar-refractivity contribution in [3.05, 3.63) is 71.0 Å². The molecule has 4 N–H and O–H groups in total. The van der Waals surface area contributed by atoms with Gasteiger partial charge in [-0.1, -0.05) is 12.1 Å². The molecule has 24 heavy (non-hydrogen) atoms. The van der Waals surface area contributed by atoms with Crippen LogP contribution in [-0.4, -0.2) is 11.7 Å². The Morgan fingerprint density at radius 1 is 0.792 bits per heavy atom. The highest BCUT2D eigenvalue weighted by Crippen LogP contribution is 2.29. The quantitative estimate of drug-likeness (QED) is 0.381. The van der Waals surface area contributed by atoms with E-state index in [0.29, 0.717) is 11.1 Å². The second-order valence-electron chi connectivity index (χ2n) is 4.56. The molecule has 0 aliphatic heterocycles. The summed E-state index contributed by atoms with van der Waals surface area (Å²) < 4.78 is 50.9. The summed E-state index contributed by atoms with van der Waals surface area (Å²) in [5.74, 6) is -0.765. The fourth-order valence-corrected chi connectivity index (χ4v) is 1.81. The molecule has 4 nitrogen and oxygen atoms in total. The van der Waals surface area contributed by atoms with Gasteiger partial charge in [0.2, 0.25) is 5.96 Å². The van der Waals surface area contributed by atoms with Gasteiger partial charge in [0.05, 0.1) is 5.56 Å². The van der Waals surface area contributed by atoms with Crippen molar-refractivity contribution < 1.29 is 17.6 Å². The summed E-state index contributed by atoms with van der Waals surface area (Å²) in [4.78, 5) is 0. The average Bonchev–Trinajstić information content (AvgIpc) is 2.48. The van der Waals surface area contributed by atoms with E-state index in [1.54, 1.807) is 0 Å². The van der Waals surface area contributed by atoms with Crippen LogP contribution in [0.15, 0.2) is 58.7 Å². The number of alkyl halides is 3. The minimum atomic E-state index is -4.44. The van der Waals surface area contributed by atoms with Gasteiger partial charge in [0, 0.05) is 11.1 Å². The molecular formula is C15H13ClF4N4. The van der Waals surface area contributed by atoms with Crippen LogP contribution in [0.5, 0.6) is 0 Å². The monoisotopic (exact) mass is 360 g/mol. The maximum atomic E-state index is 13.0. The Morgan fingerprint density at radius 2 is 1.25 bits per heavy atom. The Balaban J connectivity index is 0.00000288. The van der Waals surface area contributed by atoms with Crippen LogP contribution < -0.4 is 11.5 Å². The van der Waals surface area contributed by atoms with Gasteiger partial charge in [0.25, 0.3) is 0 Å². The summed E-state index contributed by atoms with van der Waals surface area (Å²) >= 11 is 0. The maximum Gasteiger partial charge on any atom is 0.416 e. The molecule has 0 amide bonds. The Hall–Kier alpha value is -2.61. The first-order chi connectivity index (χ1) is 10.8. The van der Waals surface area contributed by atoms with Crippen LogP contribution in [0, 0.1) is 5.82 Å². The van der Waals surface area contributed by atoms with Crippen LogP contribution in [-0.2, 0) is 6.18 Å². The van der Waals surface area contributed by atoms with E-state index in [4.69, 9.17) is 11.5 Å². The first kappa shape index (κ1) is 19.4. The highest BCUT2D eigenvalue weighted by Gasteiger charge is 2.30. The molecule has 0 atom stereocenters. The first-order valence-electron chi connectivity index (χ1n) is 6.37. The Kier molecular flexibility index (Phi) is 6.30. The van der Waals surface area contributed by atoms with Crippen LogP contribution in [0.25, 0.3) is 0 Å². The van der Waals surface area contributed by atoms with Crippen LogP contribution in [0.4, 0.5) is 17.6 Å². The number of halogens is 5. The summed E-state index contributed by atoms with van der Waals surface area (Å²) in [7, 11) is 0. The molecule has 2 rings (SSSR count). The molecule has 0 aromatic heterocycles. The van der Waals surface area contributed by atoms with Gasteiger partial charge >= 0.3 is 6.18 Å². The van der Waals surface area contributed by atoms with Crippen molar-refractivity contribution in [2.24, 2.45) is 21.7 Å². The second-order valence-corrected chi connectivity index (χ2v) is 4.56. The van der Waals surface area contributed by atoms with Gasteiger partial charge in [0.1, 0.15) is 11.5 Å². The number of hydrogen-bond donors (Lipinski definition) is 2. The lowest BCUT2D eigenvalue weighted by molar-refractivity contribution is -0.137. The molecular weight excluding hydrogens is 348 g/mol. The molecule has 0 saturated carbocycles. The standard InChI is InChI=1S/C15H12F4N4.ClH/c16-12-7-3-10(4-8-12)13(22-23-14(20)21)9-1-5-11(6-2-9)15(17,18)19;/h1-8H,(H4,20,21,23);1H. The molecule has 2 aromatic rings. The summed E-state index contributed by atoms with van der Waals surface area (Å²) in [5.41, 5.74) is 10.7. The molecule has 0 aliphatic rings. The van der Waals surface area contributed by atoms with Gasteiger partial charge in [-0.2, -0.15) is 13.2 Å². The number of guanidine groups is 1. The molecule has 128 valence electrons. The van der Waals surface area contributed by atoms with E-state index in [-0.39, 0.29) is 24.1 Å². The van der Waals surface area contributed by atoms with Gasteiger partial charge < -0.3 is 11.5 Å². The fraction of sp³-hybridized carbons (Fsp3) is 0.0667. The normalized spacial score (nSPS) is 11.6. The van der Waals surface area contributed by atoms with Crippen LogP contribution in [0.1, 0.15) is 16.7 Å². The summed E-state index contributed by atoms with van der Waals surface area (Å²) in [5, 5.41) is 7.35. The molecule has 2 aromatic carbocycles. The lowest BCUT2D eigenvalue weighted by atomic mass is 10.0. The van der Waals surface area contributed by atoms with E-state index in [1.165, 1.54) is 36.4 Å². The number of hydrogen-bond acceptors (Lipinski definition) is 2. The SMILES string of the molecule is Cl.NC(N)=NN=C(c1ccc(F)cc1)c1ccc(C(F)(F)F)cc1. The van der Waals surface area contributed by atoms with Crippen molar-refractivity contribution in [3.8, 4) is 0 Å². The van der Waals surface area contributed by atoms with Gasteiger partial charge in [-0.05, 0) is 36.4 Å². The predicted octanol–water partition coefficient (Wildman–Crippen LogP) is 3.29. The maximum absolute atomic E-state index is 13.0. The number of nitrogens with two attached hydrogens (primary N) is 2. The van der Waals surface area contributed by atoms with Crippen LogP contribution >= 0.6 is 12.4 Å². The molecule has 0 unspecified atom stereocenters. The minimum Gasteiger partial charge on any atom is -0.369 e. The first-order valence-corrected chi connectivity index (χ1v) is 6.37. The van der Waals surface area contributed by atoms with E-state index >= 15 is 0 Å². The molecule has 9 heteroatoms. The van der Waals surface area contributed by atoms with Crippen molar-refractivity contribution >= 4 is 24.1 Å². The Bertz CT molecular complexity index is 734. The fourth-order valence-electron chi connectivity index (χ4n) is 1.81. The zero-order chi connectivity index (χ0) is 17.0. The van der Waals surface area contributed by atoms with Gasteiger partial charge in [0.15, 0.2) is 0 Å². The van der Waals surface area contributed by atoms with Crippen molar-refractivity contribution in [1.82, 2.24) is 0 Å². The third kappa shape index (κ3) is 4.95. The summed E-state index contributed by atoms with van der Waals surface area (Å²) in [6.45, 7) is 0. The van der Waals surface area contributed by atoms with Gasteiger partial charge in [-0.15, -0.1) is 22.6 Å².